The fraction of sp³-hybridized carbons (Fsp3) is 0.333. The third-order valence-corrected chi connectivity index (χ3v) is 9.91. The Kier molecular flexibility index (Phi) is 10.7. The Morgan fingerprint density at radius 3 is 2.29 bits per heavy atom. The number of carbonyl (C=O) groups is 2. The van der Waals surface area contributed by atoms with Crippen molar-refractivity contribution in [3.63, 3.8) is 0 Å². The highest BCUT2D eigenvalue weighted by Gasteiger charge is 2.33. The van der Waals surface area contributed by atoms with Crippen LogP contribution in [-0.2, 0) is 26.2 Å². The molecule has 0 aliphatic heterocycles. The Bertz CT molecular complexity index is 1480. The van der Waals surface area contributed by atoms with Crippen LogP contribution in [0.25, 0.3) is 0 Å². The molecule has 218 valence electrons. The summed E-state index contributed by atoms with van der Waals surface area (Å²) in [5, 5.41) is 3.80. The van der Waals surface area contributed by atoms with E-state index in [1.807, 2.05) is 24.3 Å². The Morgan fingerprint density at radius 1 is 0.951 bits per heavy atom. The van der Waals surface area contributed by atoms with Crippen molar-refractivity contribution in [2.45, 2.75) is 62.6 Å². The molecule has 2 amide bonds. The average Bonchev–Trinajstić information content (AvgIpc) is 2.95. The third kappa shape index (κ3) is 8.25. The van der Waals surface area contributed by atoms with Crippen LogP contribution in [0.15, 0.2) is 82.2 Å². The van der Waals surface area contributed by atoms with Crippen LogP contribution in [0.4, 0.5) is 5.69 Å². The number of rotatable bonds is 10. The molecule has 1 saturated carbocycles. The van der Waals surface area contributed by atoms with Crippen molar-refractivity contribution in [2.75, 3.05) is 10.8 Å². The molecule has 1 aliphatic carbocycles. The van der Waals surface area contributed by atoms with E-state index in [1.165, 1.54) is 35.2 Å². The zero-order chi connectivity index (χ0) is 29.6. The van der Waals surface area contributed by atoms with Crippen molar-refractivity contribution in [1.82, 2.24) is 10.2 Å². The summed E-state index contributed by atoms with van der Waals surface area (Å²) in [6.45, 7) is 1.24. The number of amides is 2. The molecule has 3 aromatic rings. The van der Waals surface area contributed by atoms with Gasteiger partial charge in [0.05, 0.1) is 10.6 Å². The maximum Gasteiger partial charge on any atom is 0.264 e. The minimum atomic E-state index is -4.20. The first-order valence-corrected chi connectivity index (χ1v) is 16.4. The van der Waals surface area contributed by atoms with E-state index in [2.05, 4.69) is 21.2 Å². The first-order valence-electron chi connectivity index (χ1n) is 13.4. The number of halogens is 3. The number of sulfonamides is 1. The number of carbonyl (C=O) groups excluding carboxylic acids is 2. The van der Waals surface area contributed by atoms with Crippen LogP contribution in [0.3, 0.4) is 0 Å². The van der Waals surface area contributed by atoms with Gasteiger partial charge in [0.1, 0.15) is 12.6 Å². The molecule has 1 fully saturated rings. The van der Waals surface area contributed by atoms with Crippen molar-refractivity contribution in [2.24, 2.45) is 0 Å². The molecule has 0 saturated heterocycles. The van der Waals surface area contributed by atoms with Gasteiger partial charge in [0.2, 0.25) is 11.8 Å². The summed E-state index contributed by atoms with van der Waals surface area (Å²) < 4.78 is 29.6. The lowest BCUT2D eigenvalue weighted by atomic mass is 9.95. The summed E-state index contributed by atoms with van der Waals surface area (Å²) in [4.78, 5) is 28.8. The Balaban J connectivity index is 1.68. The summed E-state index contributed by atoms with van der Waals surface area (Å²) >= 11 is 15.7. The zero-order valence-corrected chi connectivity index (χ0v) is 26.5. The van der Waals surface area contributed by atoms with Gasteiger partial charge in [-0.25, -0.2) is 8.42 Å². The first kappa shape index (κ1) is 31.3. The minimum Gasteiger partial charge on any atom is -0.352 e. The zero-order valence-electron chi connectivity index (χ0n) is 22.6. The van der Waals surface area contributed by atoms with Crippen molar-refractivity contribution in [1.29, 1.82) is 0 Å². The topological polar surface area (TPSA) is 86.8 Å². The number of nitrogens with zero attached hydrogens (tertiary/aromatic N) is 2. The lowest BCUT2D eigenvalue weighted by molar-refractivity contribution is -0.139. The van der Waals surface area contributed by atoms with Crippen LogP contribution in [0.2, 0.25) is 10.0 Å². The summed E-state index contributed by atoms with van der Waals surface area (Å²) in [6, 6.07) is 18.7. The van der Waals surface area contributed by atoms with Gasteiger partial charge in [-0.15, -0.1) is 0 Å². The largest absolute Gasteiger partial charge is 0.352 e. The Labute approximate surface area is 260 Å². The van der Waals surface area contributed by atoms with Gasteiger partial charge in [0, 0.05) is 27.1 Å². The van der Waals surface area contributed by atoms with Crippen molar-refractivity contribution in [3.8, 4) is 0 Å². The van der Waals surface area contributed by atoms with E-state index in [4.69, 9.17) is 23.2 Å². The quantitative estimate of drug-likeness (QED) is 0.255. The maximum absolute atomic E-state index is 14.0. The van der Waals surface area contributed by atoms with Gasteiger partial charge in [-0.05, 0) is 79.9 Å². The molecule has 1 atom stereocenters. The highest BCUT2D eigenvalue weighted by molar-refractivity contribution is 9.10. The molecule has 0 radical (unpaired) electrons. The van der Waals surface area contributed by atoms with E-state index in [0.717, 1.165) is 46.4 Å². The van der Waals surface area contributed by atoms with Gasteiger partial charge >= 0.3 is 0 Å². The van der Waals surface area contributed by atoms with Crippen molar-refractivity contribution in [3.05, 3.63) is 92.9 Å². The first-order chi connectivity index (χ1) is 19.5. The van der Waals surface area contributed by atoms with Gasteiger partial charge in [0.25, 0.3) is 10.0 Å². The van der Waals surface area contributed by atoms with E-state index in [-0.39, 0.29) is 29.1 Å². The second-order valence-electron chi connectivity index (χ2n) is 10.1. The van der Waals surface area contributed by atoms with Gasteiger partial charge in [-0.1, -0.05) is 76.6 Å². The van der Waals surface area contributed by atoms with Gasteiger partial charge in [-0.3, -0.25) is 13.9 Å². The van der Waals surface area contributed by atoms with E-state index in [0.29, 0.717) is 10.0 Å². The molecule has 4 rings (SSSR count). The molecule has 0 aromatic heterocycles. The molecule has 7 nitrogen and oxygen atoms in total. The average molecular weight is 681 g/mol. The van der Waals surface area contributed by atoms with Crippen LogP contribution >= 0.6 is 39.1 Å². The van der Waals surface area contributed by atoms with E-state index in [1.54, 1.807) is 25.1 Å². The van der Waals surface area contributed by atoms with Crippen molar-refractivity contribution < 1.29 is 18.0 Å². The van der Waals surface area contributed by atoms with Gasteiger partial charge < -0.3 is 10.2 Å². The third-order valence-electron chi connectivity index (χ3n) is 7.14. The number of hydrogen-bond acceptors (Lipinski definition) is 4. The number of anilines is 1. The highest BCUT2D eigenvalue weighted by Crippen LogP contribution is 2.28. The molecule has 1 N–H and O–H groups in total. The molecular formula is C30H32BrCl2N3O4S. The molecular weight excluding hydrogens is 649 g/mol. The molecule has 0 bridgehead atoms. The summed E-state index contributed by atoms with van der Waals surface area (Å²) in [6.07, 6.45) is 5.06. The second kappa shape index (κ2) is 14.1. The number of nitrogens with one attached hydrogen (secondary N) is 1. The monoisotopic (exact) mass is 679 g/mol. The lowest BCUT2D eigenvalue weighted by Gasteiger charge is -2.33. The molecule has 0 heterocycles. The smallest absolute Gasteiger partial charge is 0.264 e. The van der Waals surface area contributed by atoms with E-state index < -0.39 is 28.5 Å². The Hall–Kier alpha value is -2.59. The number of benzene rings is 3. The van der Waals surface area contributed by atoms with Crippen LogP contribution in [0, 0.1) is 0 Å². The lowest BCUT2D eigenvalue weighted by Crippen LogP contribution is -2.53. The predicted octanol–water partition coefficient (Wildman–Crippen LogP) is 6.82. The SMILES string of the molecule is C[C@@H](C(=O)NC1CCCCC1)N(Cc1cccc(Br)c1)C(=O)CN(c1cccc(Cl)c1)S(=O)(=O)c1ccc(Cl)cc1. The molecule has 41 heavy (non-hydrogen) atoms. The molecule has 0 spiro atoms. The van der Waals surface area contributed by atoms with Gasteiger partial charge in [0.15, 0.2) is 0 Å². The summed E-state index contributed by atoms with van der Waals surface area (Å²) in [5.41, 5.74) is 1.02. The summed E-state index contributed by atoms with van der Waals surface area (Å²) in [7, 11) is -4.20. The van der Waals surface area contributed by atoms with Gasteiger partial charge in [-0.2, -0.15) is 0 Å². The fourth-order valence-corrected chi connectivity index (χ4v) is 7.04. The normalized spacial score (nSPS) is 14.7. The molecule has 1 aliphatic rings. The van der Waals surface area contributed by atoms with E-state index in [9.17, 15) is 18.0 Å². The standard InChI is InChI=1S/C30H32BrCl2N3O4S/c1-21(30(38)34-26-10-3-2-4-11-26)35(19-22-7-5-8-23(31)17-22)29(37)20-36(27-12-6-9-25(33)18-27)41(39,40)28-15-13-24(32)14-16-28/h5-9,12-18,21,26H,2-4,10-11,19-20H2,1H3,(H,34,38)/t21-/m0/s1. The molecule has 11 heteroatoms. The van der Waals surface area contributed by atoms with Crippen LogP contribution in [0.5, 0.6) is 0 Å². The van der Waals surface area contributed by atoms with Crippen LogP contribution in [0.1, 0.15) is 44.6 Å². The molecule has 3 aromatic carbocycles. The second-order valence-corrected chi connectivity index (χ2v) is 13.8. The van der Waals surface area contributed by atoms with Crippen LogP contribution < -0.4 is 9.62 Å². The van der Waals surface area contributed by atoms with E-state index >= 15 is 0 Å². The Morgan fingerprint density at radius 2 is 1.63 bits per heavy atom. The minimum absolute atomic E-state index is 0.0312. The maximum atomic E-state index is 14.0. The fourth-order valence-electron chi connectivity index (χ4n) is 4.88. The number of hydrogen-bond donors (Lipinski definition) is 1. The predicted molar refractivity (Wildman–Crippen MR) is 167 cm³/mol. The van der Waals surface area contributed by atoms with Crippen molar-refractivity contribution >= 4 is 66.7 Å². The molecule has 0 unspecified atom stereocenters. The summed E-state index contributed by atoms with van der Waals surface area (Å²) in [5.74, 6) is -0.802. The highest BCUT2D eigenvalue weighted by atomic mass is 79.9. The van der Waals surface area contributed by atoms with Crippen LogP contribution in [-0.4, -0.2) is 43.8 Å².